The summed E-state index contributed by atoms with van der Waals surface area (Å²) in [5.74, 6) is 0. The first-order chi connectivity index (χ1) is 9.47. The van der Waals surface area contributed by atoms with Gasteiger partial charge in [-0.25, -0.2) is 0 Å². The van der Waals surface area contributed by atoms with Crippen molar-refractivity contribution in [2.24, 2.45) is 0 Å². The fourth-order valence-electron chi connectivity index (χ4n) is 1.94. The van der Waals surface area contributed by atoms with Crippen molar-refractivity contribution in [3.8, 4) is 0 Å². The van der Waals surface area contributed by atoms with Gasteiger partial charge < -0.3 is 0 Å². The molecule has 0 spiro atoms. The topological polar surface area (TPSA) is 43.1 Å². The van der Waals surface area contributed by atoms with Crippen molar-refractivity contribution < 1.29 is 4.92 Å². The van der Waals surface area contributed by atoms with E-state index in [1.54, 1.807) is 24.3 Å². The molecule has 0 amide bonds. The number of aryl methyl sites for hydroxylation is 1. The number of hydrogen-bond donors (Lipinski definition) is 0. The number of nitro groups is 1. The van der Waals surface area contributed by atoms with Crippen molar-refractivity contribution in [3.05, 3.63) is 73.7 Å². The molecule has 104 valence electrons. The Morgan fingerprint density at radius 3 is 2.40 bits per heavy atom. The summed E-state index contributed by atoms with van der Waals surface area (Å²) >= 11 is 7.17. The Labute approximate surface area is 134 Å². The standard InChI is InChI=1S/C15H13Br2NO2/c1-10-8-12(4-7-14(10)16)15(17)9-11-2-5-13(6-3-11)18(19)20/h2-8,15H,9H2,1H3. The van der Waals surface area contributed by atoms with E-state index in [4.69, 9.17) is 0 Å². The van der Waals surface area contributed by atoms with Crippen LogP contribution >= 0.6 is 31.9 Å². The molecule has 0 aliphatic heterocycles. The Hall–Kier alpha value is -1.20. The van der Waals surface area contributed by atoms with Crippen LogP contribution in [-0.2, 0) is 6.42 Å². The lowest BCUT2D eigenvalue weighted by molar-refractivity contribution is -0.384. The van der Waals surface area contributed by atoms with Crippen LogP contribution in [-0.4, -0.2) is 4.92 Å². The van der Waals surface area contributed by atoms with Crippen LogP contribution in [0.4, 0.5) is 5.69 Å². The lowest BCUT2D eigenvalue weighted by atomic mass is 10.0. The maximum Gasteiger partial charge on any atom is 0.269 e. The van der Waals surface area contributed by atoms with Crippen LogP contribution in [0, 0.1) is 17.0 Å². The molecular formula is C15H13Br2NO2. The zero-order valence-corrected chi connectivity index (χ0v) is 14.0. The molecule has 2 aromatic carbocycles. The fourth-order valence-corrected chi connectivity index (χ4v) is 2.85. The van der Waals surface area contributed by atoms with Crippen LogP contribution in [0.1, 0.15) is 21.5 Å². The van der Waals surface area contributed by atoms with Gasteiger partial charge in [-0.3, -0.25) is 10.1 Å². The smallest absolute Gasteiger partial charge is 0.258 e. The van der Waals surface area contributed by atoms with E-state index in [9.17, 15) is 10.1 Å². The van der Waals surface area contributed by atoms with Gasteiger partial charge >= 0.3 is 0 Å². The molecule has 0 heterocycles. The van der Waals surface area contributed by atoms with Gasteiger partial charge in [0, 0.05) is 21.4 Å². The second kappa shape index (κ2) is 6.50. The summed E-state index contributed by atoms with van der Waals surface area (Å²) in [6.07, 6.45) is 0.791. The summed E-state index contributed by atoms with van der Waals surface area (Å²) in [5, 5.41) is 10.6. The summed E-state index contributed by atoms with van der Waals surface area (Å²) in [7, 11) is 0. The van der Waals surface area contributed by atoms with Crippen molar-refractivity contribution in [1.29, 1.82) is 0 Å². The molecule has 0 aliphatic rings. The number of alkyl halides is 1. The summed E-state index contributed by atoms with van der Waals surface area (Å²) in [4.78, 5) is 10.4. The molecular weight excluding hydrogens is 386 g/mol. The van der Waals surface area contributed by atoms with Crippen molar-refractivity contribution in [2.75, 3.05) is 0 Å². The van der Waals surface area contributed by atoms with Gasteiger partial charge in [0.25, 0.3) is 5.69 Å². The minimum Gasteiger partial charge on any atom is -0.258 e. The lowest BCUT2D eigenvalue weighted by Crippen LogP contribution is -1.97. The molecule has 1 atom stereocenters. The van der Waals surface area contributed by atoms with Gasteiger partial charge in [-0.15, -0.1) is 0 Å². The molecule has 0 saturated carbocycles. The highest BCUT2D eigenvalue weighted by molar-refractivity contribution is 9.10. The average Bonchev–Trinajstić information content (AvgIpc) is 2.42. The summed E-state index contributed by atoms with van der Waals surface area (Å²) in [6, 6.07) is 12.9. The van der Waals surface area contributed by atoms with Gasteiger partial charge in [0.15, 0.2) is 0 Å². The SMILES string of the molecule is Cc1cc(C(Br)Cc2ccc([N+](=O)[O-])cc2)ccc1Br. The van der Waals surface area contributed by atoms with E-state index in [2.05, 4.69) is 50.9 Å². The first-order valence-corrected chi connectivity index (χ1v) is 7.81. The Balaban J connectivity index is 2.12. The average molecular weight is 399 g/mol. The molecule has 1 unspecified atom stereocenters. The van der Waals surface area contributed by atoms with E-state index in [0.717, 1.165) is 16.5 Å². The van der Waals surface area contributed by atoms with Crippen LogP contribution in [0.15, 0.2) is 46.9 Å². The van der Waals surface area contributed by atoms with Crippen LogP contribution in [0.5, 0.6) is 0 Å². The number of benzene rings is 2. The summed E-state index contributed by atoms with van der Waals surface area (Å²) in [5.41, 5.74) is 3.58. The van der Waals surface area contributed by atoms with Crippen LogP contribution < -0.4 is 0 Å². The van der Waals surface area contributed by atoms with Gasteiger partial charge in [-0.2, -0.15) is 0 Å². The van der Waals surface area contributed by atoms with Crippen molar-refractivity contribution in [1.82, 2.24) is 0 Å². The molecule has 20 heavy (non-hydrogen) atoms. The number of hydrogen-bond acceptors (Lipinski definition) is 2. The van der Waals surface area contributed by atoms with Crippen molar-refractivity contribution in [2.45, 2.75) is 18.2 Å². The maximum atomic E-state index is 10.6. The molecule has 2 rings (SSSR count). The third kappa shape index (κ3) is 3.67. The van der Waals surface area contributed by atoms with E-state index in [1.165, 1.54) is 11.1 Å². The number of halogens is 2. The Morgan fingerprint density at radius 1 is 1.20 bits per heavy atom. The highest BCUT2D eigenvalue weighted by atomic mass is 79.9. The second-order valence-electron chi connectivity index (χ2n) is 4.60. The van der Waals surface area contributed by atoms with Crippen molar-refractivity contribution in [3.63, 3.8) is 0 Å². The summed E-state index contributed by atoms with van der Waals surface area (Å²) < 4.78 is 1.09. The quantitative estimate of drug-likeness (QED) is 0.396. The zero-order valence-electron chi connectivity index (χ0n) is 10.8. The summed E-state index contributed by atoms with van der Waals surface area (Å²) in [6.45, 7) is 2.05. The molecule has 0 bridgehead atoms. The van der Waals surface area contributed by atoms with Gasteiger partial charge in [0.05, 0.1) is 4.92 Å². The Kier molecular flexibility index (Phi) is 4.94. The first-order valence-electron chi connectivity index (χ1n) is 6.11. The van der Waals surface area contributed by atoms with Crippen LogP contribution in [0.25, 0.3) is 0 Å². The predicted octanol–water partition coefficient (Wildman–Crippen LogP) is 5.34. The fraction of sp³-hybridized carbons (Fsp3) is 0.200. The molecule has 2 aromatic rings. The maximum absolute atomic E-state index is 10.6. The molecule has 5 heteroatoms. The minimum absolute atomic E-state index is 0.124. The highest BCUT2D eigenvalue weighted by Gasteiger charge is 2.11. The Morgan fingerprint density at radius 2 is 1.85 bits per heavy atom. The molecule has 0 N–H and O–H groups in total. The van der Waals surface area contributed by atoms with E-state index < -0.39 is 0 Å². The number of nitrogens with zero attached hydrogens (tertiary/aromatic N) is 1. The van der Waals surface area contributed by atoms with Gasteiger partial charge in [0.2, 0.25) is 0 Å². The third-order valence-electron chi connectivity index (χ3n) is 3.11. The van der Waals surface area contributed by atoms with E-state index in [-0.39, 0.29) is 15.4 Å². The normalized spacial score (nSPS) is 12.2. The predicted molar refractivity (Wildman–Crippen MR) is 87.3 cm³/mol. The molecule has 0 saturated heterocycles. The van der Waals surface area contributed by atoms with Gasteiger partial charge in [-0.1, -0.05) is 56.1 Å². The van der Waals surface area contributed by atoms with Gasteiger partial charge in [-0.05, 0) is 36.1 Å². The third-order valence-corrected chi connectivity index (χ3v) is 4.85. The second-order valence-corrected chi connectivity index (χ2v) is 6.56. The first kappa shape index (κ1) is 15.2. The number of non-ortho nitro benzene ring substituents is 1. The monoisotopic (exact) mass is 397 g/mol. The van der Waals surface area contributed by atoms with Crippen LogP contribution in [0.2, 0.25) is 0 Å². The van der Waals surface area contributed by atoms with E-state index in [0.29, 0.717) is 0 Å². The Bertz CT molecular complexity index is 626. The van der Waals surface area contributed by atoms with Gasteiger partial charge in [0.1, 0.15) is 0 Å². The largest absolute Gasteiger partial charge is 0.269 e. The molecule has 3 nitrogen and oxygen atoms in total. The number of rotatable bonds is 4. The van der Waals surface area contributed by atoms with E-state index in [1.807, 2.05) is 6.07 Å². The van der Waals surface area contributed by atoms with E-state index >= 15 is 0 Å². The molecule has 0 fully saturated rings. The molecule has 0 radical (unpaired) electrons. The lowest BCUT2D eigenvalue weighted by Gasteiger charge is -2.12. The number of nitro benzene ring substituents is 1. The highest BCUT2D eigenvalue weighted by Crippen LogP contribution is 2.30. The zero-order chi connectivity index (χ0) is 14.7. The van der Waals surface area contributed by atoms with Crippen molar-refractivity contribution >= 4 is 37.5 Å². The minimum atomic E-state index is -0.381. The molecule has 0 aliphatic carbocycles. The molecule has 0 aromatic heterocycles. The van der Waals surface area contributed by atoms with Crippen LogP contribution in [0.3, 0.4) is 0 Å².